The van der Waals surface area contributed by atoms with E-state index in [0.29, 0.717) is 17.9 Å². The van der Waals surface area contributed by atoms with Crippen LogP contribution in [0.15, 0.2) is 36.4 Å². The molecule has 0 amide bonds. The van der Waals surface area contributed by atoms with Crippen LogP contribution in [0.25, 0.3) is 0 Å². The summed E-state index contributed by atoms with van der Waals surface area (Å²) in [6, 6.07) is 11.0. The number of anilines is 7. The predicted octanol–water partition coefficient (Wildman–Crippen LogP) is 4.68. The van der Waals surface area contributed by atoms with Crippen molar-refractivity contribution in [3.8, 4) is 5.75 Å². The monoisotopic (exact) mass is 421 g/mol. The molecule has 31 heavy (non-hydrogen) atoms. The number of hydrogen-bond acceptors (Lipinski definition) is 7. The van der Waals surface area contributed by atoms with Gasteiger partial charge in [0.25, 0.3) is 0 Å². The van der Waals surface area contributed by atoms with Gasteiger partial charge in [0.15, 0.2) is 0 Å². The van der Waals surface area contributed by atoms with Gasteiger partial charge in [-0.15, -0.1) is 0 Å². The van der Waals surface area contributed by atoms with Gasteiger partial charge in [-0.2, -0.15) is 0 Å². The van der Waals surface area contributed by atoms with Gasteiger partial charge in [0, 0.05) is 35.4 Å². The molecule has 164 valence electrons. The molecule has 0 bridgehead atoms. The molecule has 0 aromatic heterocycles. The molecule has 0 heterocycles. The topological polar surface area (TPSA) is 129 Å². The minimum atomic E-state index is -0.0237. The number of aliphatic hydroxyl groups excluding tert-OH is 1. The molecule has 0 fully saturated rings. The van der Waals surface area contributed by atoms with Crippen molar-refractivity contribution in [1.82, 2.24) is 0 Å². The summed E-state index contributed by atoms with van der Waals surface area (Å²) in [4.78, 5) is 0. The van der Waals surface area contributed by atoms with E-state index in [-0.39, 0.29) is 12.4 Å². The Morgan fingerprint density at radius 2 is 1.19 bits per heavy atom. The van der Waals surface area contributed by atoms with Gasteiger partial charge in [0.2, 0.25) is 0 Å². The van der Waals surface area contributed by atoms with Crippen LogP contribution in [0.3, 0.4) is 0 Å². The number of nitrogens with two attached hydrogens (primary N) is 2. The molecule has 7 nitrogen and oxygen atoms in total. The van der Waals surface area contributed by atoms with Crippen LogP contribution in [0.2, 0.25) is 0 Å². The van der Waals surface area contributed by atoms with Crippen molar-refractivity contribution in [2.75, 3.05) is 40.6 Å². The van der Waals surface area contributed by atoms with Crippen molar-refractivity contribution in [2.45, 2.75) is 27.7 Å². The lowest BCUT2D eigenvalue weighted by Gasteiger charge is -2.20. The first-order valence-electron chi connectivity index (χ1n) is 10.2. The van der Waals surface area contributed by atoms with Crippen molar-refractivity contribution in [1.29, 1.82) is 0 Å². The molecular formula is C24H31N5O2. The van der Waals surface area contributed by atoms with Crippen LogP contribution in [0.5, 0.6) is 5.75 Å². The summed E-state index contributed by atoms with van der Waals surface area (Å²) in [6.07, 6.45) is 0. The third-order valence-corrected chi connectivity index (χ3v) is 5.76. The molecule has 3 aromatic carbocycles. The Morgan fingerprint density at radius 1 is 0.677 bits per heavy atom. The zero-order valence-electron chi connectivity index (χ0n) is 18.4. The van der Waals surface area contributed by atoms with Gasteiger partial charge in [0.05, 0.1) is 23.7 Å². The minimum absolute atomic E-state index is 0.0237. The highest BCUT2D eigenvalue weighted by Gasteiger charge is 2.14. The molecule has 0 saturated heterocycles. The maximum Gasteiger partial charge on any atom is 0.141 e. The second-order valence-corrected chi connectivity index (χ2v) is 7.72. The fraction of sp³-hybridized carbons (Fsp3) is 0.250. The van der Waals surface area contributed by atoms with Gasteiger partial charge in [0.1, 0.15) is 5.75 Å². The second-order valence-electron chi connectivity index (χ2n) is 7.72. The SMILES string of the molecule is Cc1c(N)ccc(Nc2cc(Nc3ccc(N)c(C)c3C)c(NCCO)cc2O)c1C. The van der Waals surface area contributed by atoms with Crippen LogP contribution in [0, 0.1) is 27.7 Å². The van der Waals surface area contributed by atoms with Crippen LogP contribution < -0.4 is 27.4 Å². The first-order chi connectivity index (χ1) is 14.7. The smallest absolute Gasteiger partial charge is 0.141 e. The van der Waals surface area contributed by atoms with Crippen molar-refractivity contribution >= 4 is 39.8 Å². The Bertz CT molecular complexity index is 1110. The summed E-state index contributed by atoms with van der Waals surface area (Å²) in [5.74, 6) is 0.0880. The summed E-state index contributed by atoms with van der Waals surface area (Å²) in [7, 11) is 0. The number of aliphatic hydroxyl groups is 1. The van der Waals surface area contributed by atoms with Gasteiger partial charge in [-0.05, 0) is 80.3 Å². The number of phenols is 1. The first-order valence-corrected chi connectivity index (χ1v) is 10.2. The number of rotatable bonds is 7. The molecule has 7 heteroatoms. The second kappa shape index (κ2) is 9.06. The van der Waals surface area contributed by atoms with Crippen LogP contribution in [0.4, 0.5) is 39.8 Å². The molecule has 9 N–H and O–H groups in total. The molecule has 0 atom stereocenters. The van der Waals surface area contributed by atoms with Crippen LogP contribution in [-0.2, 0) is 0 Å². The minimum Gasteiger partial charge on any atom is -0.506 e. The van der Waals surface area contributed by atoms with Crippen molar-refractivity contribution < 1.29 is 10.2 Å². The van der Waals surface area contributed by atoms with E-state index in [1.807, 2.05) is 58.0 Å². The van der Waals surface area contributed by atoms with Gasteiger partial charge < -0.3 is 37.6 Å². The maximum absolute atomic E-state index is 10.7. The van der Waals surface area contributed by atoms with Crippen LogP contribution in [-0.4, -0.2) is 23.4 Å². The summed E-state index contributed by atoms with van der Waals surface area (Å²) in [5.41, 5.74) is 21.3. The van der Waals surface area contributed by atoms with Crippen molar-refractivity contribution in [2.24, 2.45) is 0 Å². The number of nitrogens with one attached hydrogen (secondary N) is 3. The summed E-state index contributed by atoms with van der Waals surface area (Å²) < 4.78 is 0. The Labute approximate surface area is 183 Å². The molecular weight excluding hydrogens is 390 g/mol. The van der Waals surface area contributed by atoms with E-state index in [0.717, 1.165) is 50.7 Å². The average molecular weight is 422 g/mol. The van der Waals surface area contributed by atoms with Gasteiger partial charge in [-0.3, -0.25) is 0 Å². The van der Waals surface area contributed by atoms with E-state index in [2.05, 4.69) is 16.0 Å². The van der Waals surface area contributed by atoms with Gasteiger partial charge in [-0.1, -0.05) is 0 Å². The van der Waals surface area contributed by atoms with E-state index < -0.39 is 0 Å². The fourth-order valence-corrected chi connectivity index (χ4v) is 3.37. The van der Waals surface area contributed by atoms with Crippen LogP contribution in [0.1, 0.15) is 22.3 Å². The predicted molar refractivity (Wildman–Crippen MR) is 131 cm³/mol. The normalized spacial score (nSPS) is 10.7. The molecule has 0 saturated carbocycles. The van der Waals surface area contributed by atoms with Crippen molar-refractivity contribution in [3.05, 3.63) is 58.7 Å². The highest BCUT2D eigenvalue weighted by molar-refractivity contribution is 5.85. The Balaban J connectivity index is 2.03. The molecule has 0 radical (unpaired) electrons. The van der Waals surface area contributed by atoms with Crippen molar-refractivity contribution in [3.63, 3.8) is 0 Å². The number of aromatic hydroxyl groups is 1. The van der Waals surface area contributed by atoms with E-state index in [4.69, 9.17) is 11.5 Å². The standard InChI is InChI=1S/C24H31N5O2/c1-13-15(3)19(7-5-17(13)25)28-22-11-23(24(31)12-21(22)27-9-10-30)29-20-8-6-18(26)14(2)16(20)4/h5-8,11-12,27-31H,9-10,25-26H2,1-4H3. The highest BCUT2D eigenvalue weighted by Crippen LogP contribution is 2.39. The molecule has 0 spiro atoms. The van der Waals surface area contributed by atoms with Gasteiger partial charge >= 0.3 is 0 Å². The number of nitrogen functional groups attached to an aromatic ring is 2. The zero-order valence-corrected chi connectivity index (χ0v) is 18.4. The lowest BCUT2D eigenvalue weighted by molar-refractivity contribution is 0.311. The van der Waals surface area contributed by atoms with E-state index in [1.165, 1.54) is 0 Å². The van der Waals surface area contributed by atoms with E-state index in [9.17, 15) is 10.2 Å². The summed E-state index contributed by atoms with van der Waals surface area (Å²) in [6.45, 7) is 8.28. The molecule has 0 aliphatic carbocycles. The third kappa shape index (κ3) is 4.62. The fourth-order valence-electron chi connectivity index (χ4n) is 3.37. The van der Waals surface area contributed by atoms with E-state index in [1.54, 1.807) is 6.07 Å². The number of phenolic OH excluding ortho intramolecular Hbond substituents is 1. The average Bonchev–Trinajstić information content (AvgIpc) is 2.75. The molecule has 0 aliphatic rings. The molecule has 0 aliphatic heterocycles. The largest absolute Gasteiger partial charge is 0.506 e. The Kier molecular flexibility index (Phi) is 6.46. The number of benzene rings is 3. The van der Waals surface area contributed by atoms with E-state index >= 15 is 0 Å². The first kappa shape index (κ1) is 22.1. The lowest BCUT2D eigenvalue weighted by atomic mass is 10.0. The number of hydrogen-bond donors (Lipinski definition) is 7. The maximum atomic E-state index is 10.7. The molecule has 3 rings (SSSR count). The van der Waals surface area contributed by atoms with Gasteiger partial charge in [-0.25, -0.2) is 0 Å². The Morgan fingerprint density at radius 3 is 1.71 bits per heavy atom. The lowest BCUT2D eigenvalue weighted by Crippen LogP contribution is -2.08. The third-order valence-electron chi connectivity index (χ3n) is 5.76. The van der Waals surface area contributed by atoms with Crippen LogP contribution >= 0.6 is 0 Å². The quantitative estimate of drug-likeness (QED) is 0.168. The zero-order chi connectivity index (χ0) is 22.7. The summed E-state index contributed by atoms with van der Waals surface area (Å²) >= 11 is 0. The highest BCUT2D eigenvalue weighted by atomic mass is 16.3. The Hall–Kier alpha value is -3.58. The summed E-state index contributed by atoms with van der Waals surface area (Å²) in [5, 5.41) is 29.8. The molecule has 0 unspecified atom stereocenters. The molecule has 3 aromatic rings.